The molecular weight excluding hydrogens is 264 g/mol. The first kappa shape index (κ1) is 14.9. The van der Waals surface area contributed by atoms with Crippen molar-refractivity contribution in [3.63, 3.8) is 0 Å². The maximum atomic E-state index is 11.6. The van der Waals surface area contributed by atoms with Gasteiger partial charge in [0.1, 0.15) is 5.75 Å². The van der Waals surface area contributed by atoms with Crippen LogP contribution in [0.5, 0.6) is 5.75 Å². The Morgan fingerprint density at radius 3 is 2.48 bits per heavy atom. The van der Waals surface area contributed by atoms with Crippen LogP contribution in [-0.2, 0) is 13.0 Å². The summed E-state index contributed by atoms with van der Waals surface area (Å²) in [6, 6.07) is 16.8. The summed E-state index contributed by atoms with van der Waals surface area (Å²) in [5, 5.41) is 15.0. The molecule has 2 amide bonds. The number of carbonyl (C=O) groups is 1. The predicted octanol–water partition coefficient (Wildman–Crippen LogP) is 2.82. The topological polar surface area (TPSA) is 61.4 Å². The Kier molecular flexibility index (Phi) is 5.64. The summed E-state index contributed by atoms with van der Waals surface area (Å²) < 4.78 is 0. The van der Waals surface area contributed by atoms with Gasteiger partial charge in [-0.2, -0.15) is 0 Å². The third kappa shape index (κ3) is 5.57. The molecule has 0 radical (unpaired) electrons. The Morgan fingerprint density at radius 1 is 0.952 bits per heavy atom. The lowest BCUT2D eigenvalue weighted by Crippen LogP contribution is -2.35. The number of phenols is 1. The van der Waals surface area contributed by atoms with Gasteiger partial charge in [-0.1, -0.05) is 42.5 Å². The second-order valence-corrected chi connectivity index (χ2v) is 4.87. The van der Waals surface area contributed by atoms with E-state index in [9.17, 15) is 9.90 Å². The van der Waals surface area contributed by atoms with Crippen molar-refractivity contribution in [2.75, 3.05) is 6.54 Å². The molecule has 3 N–H and O–H groups in total. The Hall–Kier alpha value is -2.49. The summed E-state index contributed by atoms with van der Waals surface area (Å²) in [6.07, 6.45) is 1.66. The van der Waals surface area contributed by atoms with E-state index in [4.69, 9.17) is 0 Å². The van der Waals surface area contributed by atoms with E-state index in [-0.39, 0.29) is 11.8 Å². The number of phenolic OH excluding ortho intramolecular Hbond substituents is 1. The first-order chi connectivity index (χ1) is 10.2. The fourth-order valence-electron chi connectivity index (χ4n) is 2.05. The summed E-state index contributed by atoms with van der Waals surface area (Å²) in [5.74, 6) is 0.279. The molecule has 0 aliphatic heterocycles. The lowest BCUT2D eigenvalue weighted by Gasteiger charge is -2.08. The zero-order valence-corrected chi connectivity index (χ0v) is 11.9. The second-order valence-electron chi connectivity index (χ2n) is 4.87. The molecule has 21 heavy (non-hydrogen) atoms. The lowest BCUT2D eigenvalue weighted by molar-refractivity contribution is 0.240. The number of carbonyl (C=O) groups excluding carboxylic acids is 1. The molecule has 0 unspecified atom stereocenters. The predicted molar refractivity (Wildman–Crippen MR) is 83.1 cm³/mol. The number of aryl methyl sites for hydroxylation is 1. The maximum absolute atomic E-state index is 11.6. The van der Waals surface area contributed by atoms with Gasteiger partial charge in [0.2, 0.25) is 0 Å². The fraction of sp³-hybridized carbons (Fsp3) is 0.235. The van der Waals surface area contributed by atoms with Crippen LogP contribution in [-0.4, -0.2) is 17.7 Å². The number of amides is 2. The molecule has 0 aliphatic rings. The average Bonchev–Trinajstić information content (AvgIpc) is 2.51. The molecule has 0 spiro atoms. The van der Waals surface area contributed by atoms with Gasteiger partial charge in [0.25, 0.3) is 0 Å². The van der Waals surface area contributed by atoms with E-state index in [0.717, 1.165) is 24.0 Å². The molecule has 4 nitrogen and oxygen atoms in total. The number of nitrogens with one attached hydrogen (secondary N) is 2. The first-order valence-corrected chi connectivity index (χ1v) is 7.07. The van der Waals surface area contributed by atoms with Crippen LogP contribution in [0.1, 0.15) is 17.5 Å². The molecule has 4 heteroatoms. The van der Waals surface area contributed by atoms with Crippen LogP contribution in [0.2, 0.25) is 0 Å². The Morgan fingerprint density at radius 2 is 1.71 bits per heavy atom. The highest BCUT2D eigenvalue weighted by Crippen LogP contribution is 2.11. The number of aromatic hydroxyl groups is 1. The van der Waals surface area contributed by atoms with Crippen molar-refractivity contribution >= 4 is 6.03 Å². The monoisotopic (exact) mass is 284 g/mol. The maximum Gasteiger partial charge on any atom is 0.315 e. The molecule has 2 rings (SSSR count). The van der Waals surface area contributed by atoms with E-state index in [2.05, 4.69) is 10.6 Å². The van der Waals surface area contributed by atoms with E-state index in [0.29, 0.717) is 13.1 Å². The normalized spacial score (nSPS) is 10.1. The van der Waals surface area contributed by atoms with Crippen molar-refractivity contribution in [2.45, 2.75) is 19.4 Å². The zero-order chi connectivity index (χ0) is 14.9. The highest BCUT2D eigenvalue weighted by Gasteiger charge is 2.00. The Bertz CT molecular complexity index is 570. The number of benzene rings is 2. The number of hydrogen-bond donors (Lipinski definition) is 3. The molecule has 110 valence electrons. The van der Waals surface area contributed by atoms with Crippen LogP contribution in [0, 0.1) is 0 Å². The highest BCUT2D eigenvalue weighted by molar-refractivity contribution is 5.73. The summed E-state index contributed by atoms with van der Waals surface area (Å²) in [5.41, 5.74) is 2.15. The number of rotatable bonds is 6. The Balaban J connectivity index is 1.61. The summed E-state index contributed by atoms with van der Waals surface area (Å²) in [6.45, 7) is 1.13. The molecule has 2 aromatic rings. The van der Waals surface area contributed by atoms with E-state index in [1.165, 1.54) is 0 Å². The van der Waals surface area contributed by atoms with Gasteiger partial charge in [-0.05, 0) is 36.1 Å². The van der Waals surface area contributed by atoms with Crippen LogP contribution in [0.4, 0.5) is 4.79 Å². The molecule has 0 saturated heterocycles. The van der Waals surface area contributed by atoms with Crippen molar-refractivity contribution in [1.82, 2.24) is 10.6 Å². The lowest BCUT2D eigenvalue weighted by atomic mass is 10.1. The minimum Gasteiger partial charge on any atom is -0.508 e. The molecule has 0 bridgehead atoms. The van der Waals surface area contributed by atoms with Gasteiger partial charge in [-0.25, -0.2) is 4.79 Å². The first-order valence-electron chi connectivity index (χ1n) is 7.07. The highest BCUT2D eigenvalue weighted by atomic mass is 16.3. The van der Waals surface area contributed by atoms with Crippen molar-refractivity contribution < 1.29 is 9.90 Å². The van der Waals surface area contributed by atoms with Crippen molar-refractivity contribution in [3.05, 3.63) is 65.7 Å². The summed E-state index contributed by atoms with van der Waals surface area (Å²) >= 11 is 0. The van der Waals surface area contributed by atoms with Gasteiger partial charge in [0.15, 0.2) is 0 Å². The quantitative estimate of drug-likeness (QED) is 0.714. The second kappa shape index (κ2) is 7.94. The van der Waals surface area contributed by atoms with Gasteiger partial charge in [-0.3, -0.25) is 0 Å². The van der Waals surface area contributed by atoms with Gasteiger partial charge in [0, 0.05) is 13.1 Å². The smallest absolute Gasteiger partial charge is 0.315 e. The van der Waals surface area contributed by atoms with Crippen molar-refractivity contribution in [3.8, 4) is 5.75 Å². The van der Waals surface area contributed by atoms with Crippen LogP contribution in [0.3, 0.4) is 0 Å². The minimum absolute atomic E-state index is 0.158. The molecule has 0 heterocycles. The standard InChI is InChI=1S/C17H20N2O2/c20-16-10-4-8-14(12-16)9-5-11-18-17(21)19-13-15-6-2-1-3-7-15/h1-4,6-8,10,12,20H,5,9,11,13H2,(H2,18,19,21). The van der Waals surface area contributed by atoms with E-state index in [1.807, 2.05) is 42.5 Å². The average molecular weight is 284 g/mol. The molecule has 0 atom stereocenters. The molecular formula is C17H20N2O2. The van der Waals surface area contributed by atoms with Crippen LogP contribution in [0.15, 0.2) is 54.6 Å². The van der Waals surface area contributed by atoms with Gasteiger partial charge in [0.05, 0.1) is 0 Å². The van der Waals surface area contributed by atoms with Gasteiger partial charge < -0.3 is 15.7 Å². The van der Waals surface area contributed by atoms with Crippen molar-refractivity contribution in [1.29, 1.82) is 0 Å². The largest absolute Gasteiger partial charge is 0.508 e. The molecule has 0 aliphatic carbocycles. The third-order valence-electron chi connectivity index (χ3n) is 3.13. The minimum atomic E-state index is -0.158. The van der Waals surface area contributed by atoms with Gasteiger partial charge >= 0.3 is 6.03 Å². The molecule has 0 fully saturated rings. The molecule has 2 aromatic carbocycles. The van der Waals surface area contributed by atoms with Crippen LogP contribution in [0.25, 0.3) is 0 Å². The van der Waals surface area contributed by atoms with E-state index in [1.54, 1.807) is 12.1 Å². The number of urea groups is 1. The van der Waals surface area contributed by atoms with Crippen LogP contribution < -0.4 is 10.6 Å². The van der Waals surface area contributed by atoms with E-state index < -0.39 is 0 Å². The fourth-order valence-corrected chi connectivity index (χ4v) is 2.05. The van der Waals surface area contributed by atoms with E-state index >= 15 is 0 Å². The zero-order valence-electron chi connectivity index (χ0n) is 11.9. The summed E-state index contributed by atoms with van der Waals surface area (Å²) in [7, 11) is 0. The Labute approximate surface area is 124 Å². The van der Waals surface area contributed by atoms with Gasteiger partial charge in [-0.15, -0.1) is 0 Å². The molecule has 0 aromatic heterocycles. The van der Waals surface area contributed by atoms with Crippen molar-refractivity contribution in [2.24, 2.45) is 0 Å². The SMILES string of the molecule is O=C(NCCCc1cccc(O)c1)NCc1ccccc1. The number of hydrogen-bond acceptors (Lipinski definition) is 2. The van der Waals surface area contributed by atoms with Crippen LogP contribution >= 0.6 is 0 Å². The summed E-state index contributed by atoms with van der Waals surface area (Å²) in [4.78, 5) is 11.6. The third-order valence-corrected chi connectivity index (χ3v) is 3.13. The molecule has 0 saturated carbocycles.